The number of benzene rings is 1. The zero-order chi connectivity index (χ0) is 16.4. The minimum Gasteiger partial charge on any atom is -0.383 e. The number of carbonyl (C=O) groups is 1. The summed E-state index contributed by atoms with van der Waals surface area (Å²) in [5, 5.41) is 2.89. The van der Waals surface area contributed by atoms with E-state index in [4.69, 9.17) is 22.7 Å². The first kappa shape index (κ1) is 16.2. The van der Waals surface area contributed by atoms with Crippen molar-refractivity contribution in [3.8, 4) is 5.69 Å². The SMILES string of the molecule is Cc1ccc(-n2c(N)c(C(=O)NCC3CCCO3)sc2=S)cc1. The van der Waals surface area contributed by atoms with Gasteiger partial charge in [0.2, 0.25) is 0 Å². The summed E-state index contributed by atoms with van der Waals surface area (Å²) < 4.78 is 7.81. The lowest BCUT2D eigenvalue weighted by Crippen LogP contribution is -2.31. The topological polar surface area (TPSA) is 69.3 Å². The van der Waals surface area contributed by atoms with Crippen LogP contribution >= 0.6 is 23.6 Å². The molecule has 0 saturated carbocycles. The highest BCUT2D eigenvalue weighted by molar-refractivity contribution is 7.73. The predicted octanol–water partition coefficient (Wildman–Crippen LogP) is 3.07. The molecule has 0 bridgehead atoms. The van der Waals surface area contributed by atoms with Gasteiger partial charge in [0, 0.05) is 18.8 Å². The van der Waals surface area contributed by atoms with Crippen molar-refractivity contribution in [2.75, 3.05) is 18.9 Å². The Labute approximate surface area is 144 Å². The minimum absolute atomic E-state index is 0.104. The Bertz CT molecular complexity index is 759. The van der Waals surface area contributed by atoms with Crippen LogP contribution in [-0.4, -0.2) is 29.7 Å². The lowest BCUT2D eigenvalue weighted by Gasteiger charge is -2.10. The standard InChI is InChI=1S/C16H19N3O2S2/c1-10-4-6-11(7-5-10)19-14(17)13(23-16(19)22)15(20)18-9-12-3-2-8-21-12/h4-7,12H,2-3,8-9,17H2,1H3,(H,18,20). The molecule has 1 aliphatic heterocycles. The summed E-state index contributed by atoms with van der Waals surface area (Å²) in [6.07, 6.45) is 2.13. The number of anilines is 1. The Morgan fingerprint density at radius 1 is 1.48 bits per heavy atom. The van der Waals surface area contributed by atoms with Gasteiger partial charge in [-0.3, -0.25) is 9.36 Å². The van der Waals surface area contributed by atoms with Crippen molar-refractivity contribution in [1.82, 2.24) is 9.88 Å². The zero-order valence-electron chi connectivity index (χ0n) is 12.9. The largest absolute Gasteiger partial charge is 0.383 e. The first-order valence-corrected chi connectivity index (χ1v) is 8.77. The molecule has 0 spiro atoms. The second-order valence-corrected chi connectivity index (χ2v) is 7.24. The van der Waals surface area contributed by atoms with E-state index in [1.165, 1.54) is 11.3 Å². The minimum atomic E-state index is -0.194. The third kappa shape index (κ3) is 3.46. The van der Waals surface area contributed by atoms with Gasteiger partial charge in [0.25, 0.3) is 5.91 Å². The first-order valence-electron chi connectivity index (χ1n) is 7.54. The smallest absolute Gasteiger partial charge is 0.265 e. The highest BCUT2D eigenvalue weighted by atomic mass is 32.1. The third-order valence-electron chi connectivity index (χ3n) is 3.86. The number of hydrogen-bond acceptors (Lipinski definition) is 5. The molecule has 1 saturated heterocycles. The maximum atomic E-state index is 12.4. The molecule has 1 aromatic heterocycles. The maximum Gasteiger partial charge on any atom is 0.265 e. The number of nitrogen functional groups attached to an aromatic ring is 1. The van der Waals surface area contributed by atoms with Crippen LogP contribution in [0.1, 0.15) is 28.1 Å². The Morgan fingerprint density at radius 2 is 2.22 bits per heavy atom. The van der Waals surface area contributed by atoms with Crippen LogP contribution in [0.2, 0.25) is 0 Å². The monoisotopic (exact) mass is 349 g/mol. The van der Waals surface area contributed by atoms with Crippen LogP contribution in [0.15, 0.2) is 24.3 Å². The molecule has 1 fully saturated rings. The van der Waals surface area contributed by atoms with Gasteiger partial charge in [0.15, 0.2) is 3.95 Å². The summed E-state index contributed by atoms with van der Waals surface area (Å²) in [6, 6.07) is 7.88. The molecule has 0 aliphatic carbocycles. The molecule has 0 radical (unpaired) electrons. The molecule has 1 atom stereocenters. The third-order valence-corrected chi connectivity index (χ3v) is 5.25. The fourth-order valence-electron chi connectivity index (χ4n) is 2.58. The maximum absolute atomic E-state index is 12.4. The van der Waals surface area contributed by atoms with Crippen LogP contribution in [0.5, 0.6) is 0 Å². The molecule has 1 aliphatic rings. The molecule has 1 unspecified atom stereocenters. The number of hydrogen-bond donors (Lipinski definition) is 2. The van der Waals surface area contributed by atoms with Gasteiger partial charge < -0.3 is 15.8 Å². The molecule has 2 aromatic rings. The van der Waals surface area contributed by atoms with Gasteiger partial charge in [-0.25, -0.2) is 0 Å². The Hall–Kier alpha value is -1.70. The highest BCUT2D eigenvalue weighted by Gasteiger charge is 2.21. The Kier molecular flexibility index (Phi) is 4.79. The number of nitrogens with two attached hydrogens (primary N) is 1. The molecule has 7 heteroatoms. The summed E-state index contributed by atoms with van der Waals surface area (Å²) in [7, 11) is 0. The predicted molar refractivity (Wildman–Crippen MR) is 94.9 cm³/mol. The van der Waals surface area contributed by atoms with Crippen molar-refractivity contribution < 1.29 is 9.53 Å². The van der Waals surface area contributed by atoms with Crippen LogP contribution in [0, 0.1) is 10.9 Å². The van der Waals surface area contributed by atoms with E-state index >= 15 is 0 Å². The summed E-state index contributed by atoms with van der Waals surface area (Å²) in [6.45, 7) is 3.29. The molecule has 1 aromatic carbocycles. The second-order valence-electron chi connectivity index (χ2n) is 5.60. The van der Waals surface area contributed by atoms with Crippen LogP contribution < -0.4 is 11.1 Å². The number of carbonyl (C=O) groups excluding carboxylic acids is 1. The second kappa shape index (κ2) is 6.82. The number of thiazole rings is 1. The Balaban J connectivity index is 1.80. The number of nitrogens with one attached hydrogen (secondary N) is 1. The lowest BCUT2D eigenvalue weighted by atomic mass is 10.2. The van der Waals surface area contributed by atoms with Gasteiger partial charge in [0.1, 0.15) is 10.7 Å². The summed E-state index contributed by atoms with van der Waals surface area (Å²) in [5.74, 6) is 0.189. The van der Waals surface area contributed by atoms with Crippen LogP contribution in [0.25, 0.3) is 5.69 Å². The molecule has 2 heterocycles. The lowest BCUT2D eigenvalue weighted by molar-refractivity contribution is 0.0861. The van der Waals surface area contributed by atoms with E-state index in [2.05, 4.69) is 5.32 Å². The summed E-state index contributed by atoms with van der Waals surface area (Å²) in [4.78, 5) is 12.8. The number of nitrogens with zero attached hydrogens (tertiary/aromatic N) is 1. The van der Waals surface area contributed by atoms with Crippen LogP contribution in [0.4, 0.5) is 5.82 Å². The molecule has 3 rings (SSSR count). The average molecular weight is 349 g/mol. The number of aromatic nitrogens is 1. The van der Waals surface area contributed by atoms with Crippen molar-refractivity contribution in [2.45, 2.75) is 25.9 Å². The normalized spacial score (nSPS) is 17.3. The summed E-state index contributed by atoms with van der Waals surface area (Å²) >= 11 is 6.61. The molecular formula is C16H19N3O2S2. The Morgan fingerprint density at radius 3 is 2.87 bits per heavy atom. The van der Waals surface area contributed by atoms with E-state index in [0.717, 1.165) is 30.7 Å². The van der Waals surface area contributed by atoms with Crippen LogP contribution in [-0.2, 0) is 4.74 Å². The van der Waals surface area contributed by atoms with Crippen LogP contribution in [0.3, 0.4) is 0 Å². The van der Waals surface area contributed by atoms with Gasteiger partial charge in [0.05, 0.1) is 6.10 Å². The van der Waals surface area contributed by atoms with Gasteiger partial charge >= 0.3 is 0 Å². The van der Waals surface area contributed by atoms with Crippen molar-refractivity contribution in [1.29, 1.82) is 0 Å². The first-order chi connectivity index (χ1) is 11.1. The number of amides is 1. The van der Waals surface area contributed by atoms with E-state index in [0.29, 0.717) is 21.2 Å². The number of aryl methyl sites for hydroxylation is 1. The average Bonchev–Trinajstić information content (AvgIpc) is 3.14. The summed E-state index contributed by atoms with van der Waals surface area (Å²) in [5.41, 5.74) is 8.20. The zero-order valence-corrected chi connectivity index (χ0v) is 14.5. The molecule has 122 valence electrons. The van der Waals surface area contributed by atoms with E-state index in [1.54, 1.807) is 4.57 Å². The number of rotatable bonds is 4. The molecule has 23 heavy (non-hydrogen) atoms. The highest BCUT2D eigenvalue weighted by Crippen LogP contribution is 2.26. The fourth-order valence-corrected chi connectivity index (χ4v) is 3.86. The number of ether oxygens (including phenoxy) is 1. The van der Waals surface area contributed by atoms with Gasteiger partial charge in [-0.15, -0.1) is 0 Å². The van der Waals surface area contributed by atoms with Gasteiger partial charge in [-0.05, 0) is 44.1 Å². The molecule has 5 nitrogen and oxygen atoms in total. The van der Waals surface area contributed by atoms with Crippen molar-refractivity contribution >= 4 is 35.3 Å². The van der Waals surface area contributed by atoms with E-state index in [1.807, 2.05) is 31.2 Å². The van der Waals surface area contributed by atoms with E-state index in [-0.39, 0.29) is 12.0 Å². The quantitative estimate of drug-likeness (QED) is 0.833. The van der Waals surface area contributed by atoms with E-state index < -0.39 is 0 Å². The van der Waals surface area contributed by atoms with Crippen molar-refractivity contribution in [2.24, 2.45) is 0 Å². The van der Waals surface area contributed by atoms with Gasteiger partial charge in [-0.1, -0.05) is 29.0 Å². The van der Waals surface area contributed by atoms with E-state index in [9.17, 15) is 4.79 Å². The van der Waals surface area contributed by atoms with Crippen molar-refractivity contribution in [3.05, 3.63) is 38.7 Å². The van der Waals surface area contributed by atoms with Gasteiger partial charge in [-0.2, -0.15) is 0 Å². The molecule has 3 N–H and O–H groups in total. The molecule has 1 amide bonds. The molecular weight excluding hydrogens is 330 g/mol. The van der Waals surface area contributed by atoms with Crippen molar-refractivity contribution in [3.63, 3.8) is 0 Å². The fraction of sp³-hybridized carbons (Fsp3) is 0.375.